The number of alkyl halides is 3. The van der Waals surface area contributed by atoms with Gasteiger partial charge in [0.15, 0.2) is 0 Å². The van der Waals surface area contributed by atoms with E-state index in [0.717, 1.165) is 6.08 Å². The molecule has 15 heavy (non-hydrogen) atoms. The summed E-state index contributed by atoms with van der Waals surface area (Å²) in [5, 5.41) is 4.35. The third kappa shape index (κ3) is 2.42. The van der Waals surface area contributed by atoms with E-state index in [9.17, 15) is 13.6 Å². The molecular weight excluding hydrogens is 249 g/mol. The highest BCUT2D eigenvalue weighted by molar-refractivity contribution is 6.38. The minimum absolute atomic E-state index is 0.493. The van der Waals surface area contributed by atoms with Crippen LogP contribution in [-0.4, -0.2) is 16.5 Å². The summed E-state index contributed by atoms with van der Waals surface area (Å²) >= 11 is 9.97. The van der Waals surface area contributed by atoms with Gasteiger partial charge in [-0.2, -0.15) is 8.78 Å². The first kappa shape index (κ1) is 12.7. The average molecular weight is 259 g/mol. The van der Waals surface area contributed by atoms with Gasteiger partial charge in [0, 0.05) is 0 Å². The topological polar surface area (TPSA) is 37.3 Å². The summed E-state index contributed by atoms with van der Waals surface area (Å²) in [6.07, 6.45) is 1.04. The average Bonchev–Trinajstić information content (AvgIpc) is 2.50. The van der Waals surface area contributed by atoms with Gasteiger partial charge in [0.05, 0.1) is 11.0 Å². The van der Waals surface area contributed by atoms with Crippen molar-refractivity contribution in [2.45, 2.75) is 19.2 Å². The number of halogens is 4. The van der Waals surface area contributed by atoms with Gasteiger partial charge in [-0.25, -0.2) is 0 Å². The van der Waals surface area contributed by atoms with Crippen LogP contribution < -0.4 is 0 Å². The van der Waals surface area contributed by atoms with Gasteiger partial charge in [0.25, 0.3) is 0 Å². The van der Waals surface area contributed by atoms with Gasteiger partial charge in [0.1, 0.15) is 0 Å². The molecule has 86 valence electrons. The molecule has 1 aliphatic rings. The van der Waals surface area contributed by atoms with Crippen molar-refractivity contribution in [2.24, 2.45) is 17.3 Å². The molecule has 0 radical (unpaired) electrons. The van der Waals surface area contributed by atoms with Crippen LogP contribution in [0.4, 0.5) is 8.78 Å². The van der Waals surface area contributed by atoms with E-state index in [1.807, 2.05) is 0 Å². The Labute approximate surface area is 95.9 Å². The van der Waals surface area contributed by atoms with Crippen LogP contribution >= 0.6 is 23.2 Å². The van der Waals surface area contributed by atoms with Crippen molar-refractivity contribution in [2.75, 3.05) is 0 Å². The molecule has 0 aliphatic heterocycles. The Balaban J connectivity index is 2.83. The Morgan fingerprint density at radius 2 is 2.00 bits per heavy atom. The first-order chi connectivity index (χ1) is 6.58. The van der Waals surface area contributed by atoms with Crippen LogP contribution in [0.2, 0.25) is 0 Å². The zero-order chi connectivity index (χ0) is 12.0. The summed E-state index contributed by atoms with van der Waals surface area (Å²) in [7, 11) is 0. The molecule has 1 saturated carbocycles. The second-order valence-corrected chi connectivity index (χ2v) is 5.06. The maximum Gasteiger partial charge on any atom is 0.358 e. The Bertz CT molecular complexity index is 321. The number of aliphatic carboxylic acids is 1. The molecule has 0 saturated heterocycles. The maximum atomic E-state index is 12.5. The molecule has 6 heteroatoms. The van der Waals surface area contributed by atoms with Crippen LogP contribution in [0.15, 0.2) is 11.1 Å². The van der Waals surface area contributed by atoms with E-state index in [0.29, 0.717) is 0 Å². The number of hydrogen-bond donors (Lipinski definition) is 1. The Kier molecular flexibility index (Phi) is 3.05. The first-order valence-corrected chi connectivity index (χ1v) is 5.01. The number of hydrogen-bond acceptors (Lipinski definition) is 1. The molecule has 0 spiro atoms. The Morgan fingerprint density at radius 3 is 2.27 bits per heavy atom. The highest BCUT2D eigenvalue weighted by Gasteiger charge is 2.61. The van der Waals surface area contributed by atoms with Crippen LogP contribution in [0.1, 0.15) is 13.8 Å². The van der Waals surface area contributed by atoms with Gasteiger partial charge in [-0.05, 0) is 22.9 Å². The van der Waals surface area contributed by atoms with Crippen LogP contribution in [0.25, 0.3) is 0 Å². The van der Waals surface area contributed by atoms with Crippen LogP contribution in [0, 0.1) is 17.3 Å². The van der Waals surface area contributed by atoms with Gasteiger partial charge in [-0.3, -0.25) is 4.79 Å². The molecular formula is C9H10Cl2F2O2. The van der Waals surface area contributed by atoms with Crippen molar-refractivity contribution in [1.29, 1.82) is 0 Å². The third-order valence-electron chi connectivity index (χ3n) is 2.77. The summed E-state index contributed by atoms with van der Waals surface area (Å²) in [6.45, 7) is 3.37. The van der Waals surface area contributed by atoms with Crippen molar-refractivity contribution in [1.82, 2.24) is 0 Å². The van der Waals surface area contributed by atoms with Crippen molar-refractivity contribution in [3.8, 4) is 0 Å². The summed E-state index contributed by atoms with van der Waals surface area (Å²) < 4.78 is 25.0. The van der Waals surface area contributed by atoms with Crippen molar-refractivity contribution in [3.05, 3.63) is 11.1 Å². The largest absolute Gasteiger partial charge is 0.481 e. The number of rotatable bonds is 3. The van der Waals surface area contributed by atoms with E-state index in [4.69, 9.17) is 28.3 Å². The summed E-state index contributed by atoms with van der Waals surface area (Å²) in [5.41, 5.74) is -0.548. The standard InChI is InChI=1S/C9H10Cl2F2O2/c1-8(2)4(6(8)7(14)15)3-5(10)9(11,12)13/h3-4,6H,1-2H3,(H,14,15)/t4-,6-/m0/s1. The zero-order valence-corrected chi connectivity index (χ0v) is 9.61. The molecule has 1 N–H and O–H groups in total. The smallest absolute Gasteiger partial charge is 0.358 e. The van der Waals surface area contributed by atoms with Crippen molar-refractivity contribution >= 4 is 29.2 Å². The second-order valence-electron chi connectivity index (χ2n) is 4.18. The maximum absolute atomic E-state index is 12.5. The summed E-state index contributed by atoms with van der Waals surface area (Å²) in [5.74, 6) is -2.18. The highest BCUT2D eigenvalue weighted by Crippen LogP contribution is 2.60. The van der Waals surface area contributed by atoms with Crippen LogP contribution in [0.3, 0.4) is 0 Å². The van der Waals surface area contributed by atoms with Crippen molar-refractivity contribution < 1.29 is 18.7 Å². The summed E-state index contributed by atoms with van der Waals surface area (Å²) in [6, 6.07) is 0. The minimum atomic E-state index is -3.62. The molecule has 2 atom stereocenters. The third-order valence-corrected chi connectivity index (χ3v) is 3.44. The van der Waals surface area contributed by atoms with Gasteiger partial charge in [-0.1, -0.05) is 31.5 Å². The molecule has 2 nitrogen and oxygen atoms in total. The minimum Gasteiger partial charge on any atom is -0.481 e. The molecule has 0 aromatic carbocycles. The number of carbonyl (C=O) groups is 1. The lowest BCUT2D eigenvalue weighted by atomic mass is 10.1. The molecule has 0 amide bonds. The first-order valence-electron chi connectivity index (χ1n) is 4.26. The quantitative estimate of drug-likeness (QED) is 0.789. The summed E-state index contributed by atoms with van der Waals surface area (Å²) in [4.78, 5) is 10.7. The highest BCUT2D eigenvalue weighted by atomic mass is 35.5. The molecule has 0 bridgehead atoms. The van der Waals surface area contributed by atoms with E-state index < -0.39 is 33.6 Å². The van der Waals surface area contributed by atoms with E-state index in [2.05, 4.69) is 0 Å². The van der Waals surface area contributed by atoms with Crippen molar-refractivity contribution in [3.63, 3.8) is 0 Å². The lowest BCUT2D eigenvalue weighted by Gasteiger charge is -2.05. The fourth-order valence-electron chi connectivity index (χ4n) is 1.71. The Morgan fingerprint density at radius 1 is 1.53 bits per heavy atom. The zero-order valence-electron chi connectivity index (χ0n) is 8.10. The normalized spacial score (nSPS) is 30.1. The van der Waals surface area contributed by atoms with Gasteiger partial charge >= 0.3 is 11.4 Å². The number of carboxylic acids is 1. The molecule has 0 aromatic heterocycles. The fraction of sp³-hybridized carbons (Fsp3) is 0.667. The molecule has 1 fully saturated rings. The van der Waals surface area contributed by atoms with Gasteiger partial charge in [0.2, 0.25) is 0 Å². The molecule has 0 unspecified atom stereocenters. The number of allylic oxidation sites excluding steroid dienone is 2. The SMILES string of the molecule is CC1(C)[C@H](C(=O)O)[C@@H]1C=C(Cl)C(F)(F)Cl. The molecule has 0 aromatic rings. The van der Waals surface area contributed by atoms with E-state index in [-0.39, 0.29) is 0 Å². The number of carboxylic acid groups (broad SMARTS) is 1. The monoisotopic (exact) mass is 258 g/mol. The van der Waals surface area contributed by atoms with Gasteiger partial charge in [-0.15, -0.1) is 0 Å². The predicted octanol–water partition coefficient (Wildman–Crippen LogP) is 3.30. The van der Waals surface area contributed by atoms with E-state index in [1.165, 1.54) is 0 Å². The Hall–Kier alpha value is -0.350. The molecule has 1 rings (SSSR count). The second kappa shape index (κ2) is 3.59. The van der Waals surface area contributed by atoms with Crippen LogP contribution in [-0.2, 0) is 4.79 Å². The molecule has 0 heterocycles. The van der Waals surface area contributed by atoms with Gasteiger partial charge < -0.3 is 5.11 Å². The van der Waals surface area contributed by atoms with E-state index in [1.54, 1.807) is 13.8 Å². The van der Waals surface area contributed by atoms with Crippen LogP contribution in [0.5, 0.6) is 0 Å². The predicted molar refractivity (Wildman–Crippen MR) is 53.1 cm³/mol. The lowest BCUT2D eigenvalue weighted by Crippen LogP contribution is -2.06. The van der Waals surface area contributed by atoms with E-state index >= 15 is 0 Å². The molecule has 1 aliphatic carbocycles. The lowest BCUT2D eigenvalue weighted by molar-refractivity contribution is -0.139. The fourth-order valence-corrected chi connectivity index (χ4v) is 1.91.